The van der Waals surface area contributed by atoms with E-state index in [-0.39, 0.29) is 22.7 Å². The van der Waals surface area contributed by atoms with E-state index in [0.717, 1.165) is 6.07 Å². The minimum atomic E-state index is -2.86. The smallest absolute Gasteiger partial charge is 0.309 e. The van der Waals surface area contributed by atoms with Crippen molar-refractivity contribution in [2.45, 2.75) is 18.7 Å². The zero-order valence-corrected chi connectivity index (χ0v) is 9.21. The van der Waals surface area contributed by atoms with Crippen LogP contribution in [-0.2, 0) is 17.1 Å². The average Bonchev–Trinajstić information content (AvgIpc) is 2.26. The summed E-state index contributed by atoms with van der Waals surface area (Å²) in [5.74, 6) is -1.37. The lowest BCUT2D eigenvalue weighted by molar-refractivity contribution is -0.136. The molecular formula is C10H7ClF2N2O2. The molecule has 0 spiro atoms. The lowest BCUT2D eigenvalue weighted by atomic mass is 10.1. The third-order valence-electron chi connectivity index (χ3n) is 2.03. The average molecular weight is 261 g/mol. The second kappa shape index (κ2) is 5.55. The fraction of sp³-hybridized carbons (Fsp3) is 0.300. The summed E-state index contributed by atoms with van der Waals surface area (Å²) in [5, 5.41) is 17.4. The third kappa shape index (κ3) is 3.11. The number of hydrogen-bond acceptors (Lipinski definition) is 3. The van der Waals surface area contributed by atoms with E-state index in [4.69, 9.17) is 22.0 Å². The molecule has 0 radical (unpaired) electrons. The predicted molar refractivity (Wildman–Crippen MR) is 54.8 cm³/mol. The number of nitriles is 1. The number of nitrogens with zero attached hydrogens (tertiary/aromatic N) is 2. The molecule has 1 aromatic heterocycles. The molecule has 1 rings (SSSR count). The lowest BCUT2D eigenvalue weighted by Crippen LogP contribution is -2.09. The molecule has 17 heavy (non-hydrogen) atoms. The Labute approximate surface area is 100 Å². The summed E-state index contributed by atoms with van der Waals surface area (Å²) >= 11 is 5.56. The van der Waals surface area contributed by atoms with Gasteiger partial charge in [-0.2, -0.15) is 5.26 Å². The molecule has 0 amide bonds. The summed E-state index contributed by atoms with van der Waals surface area (Å²) in [6, 6.07) is 2.63. The maximum atomic E-state index is 12.5. The number of aromatic nitrogens is 1. The van der Waals surface area contributed by atoms with Gasteiger partial charge in [0.05, 0.1) is 29.6 Å². The van der Waals surface area contributed by atoms with Crippen LogP contribution in [-0.4, -0.2) is 16.1 Å². The second-order valence-electron chi connectivity index (χ2n) is 3.14. The largest absolute Gasteiger partial charge is 0.481 e. The molecule has 0 aliphatic rings. The number of hydrogen-bond donors (Lipinski definition) is 1. The fourth-order valence-electron chi connectivity index (χ4n) is 1.30. The van der Waals surface area contributed by atoms with Crippen molar-refractivity contribution in [3.8, 4) is 6.07 Å². The standard InChI is InChI=1S/C10H7ClF2N2O2/c11-3-6-5(4-14)1-8(10(12)13)15-7(6)2-9(16)17/h1,10H,2-3H2,(H,16,17). The Morgan fingerprint density at radius 2 is 2.29 bits per heavy atom. The molecule has 1 heterocycles. The topological polar surface area (TPSA) is 74.0 Å². The first-order valence-corrected chi connectivity index (χ1v) is 5.01. The highest BCUT2D eigenvalue weighted by atomic mass is 35.5. The van der Waals surface area contributed by atoms with E-state index >= 15 is 0 Å². The first-order valence-electron chi connectivity index (χ1n) is 4.48. The number of carboxylic acid groups (broad SMARTS) is 1. The number of carboxylic acids is 1. The highest BCUT2D eigenvalue weighted by Gasteiger charge is 2.18. The zero-order chi connectivity index (χ0) is 13.0. The molecule has 0 aliphatic heterocycles. The molecule has 7 heteroatoms. The van der Waals surface area contributed by atoms with Gasteiger partial charge in [-0.1, -0.05) is 0 Å². The van der Waals surface area contributed by atoms with Gasteiger partial charge in [0, 0.05) is 5.56 Å². The Balaban J connectivity index is 3.38. The van der Waals surface area contributed by atoms with Gasteiger partial charge in [-0.25, -0.2) is 8.78 Å². The van der Waals surface area contributed by atoms with Crippen LogP contribution in [0.25, 0.3) is 0 Å². The molecule has 0 aliphatic carbocycles. The molecular weight excluding hydrogens is 254 g/mol. The Morgan fingerprint density at radius 1 is 1.65 bits per heavy atom. The van der Waals surface area contributed by atoms with Crippen LogP contribution >= 0.6 is 11.6 Å². The zero-order valence-electron chi connectivity index (χ0n) is 8.45. The summed E-state index contributed by atoms with van der Waals surface area (Å²) in [5.41, 5.74) is -0.601. The molecule has 0 bridgehead atoms. The van der Waals surface area contributed by atoms with Crippen molar-refractivity contribution in [3.05, 3.63) is 28.6 Å². The number of halogens is 3. The second-order valence-corrected chi connectivity index (χ2v) is 3.40. The van der Waals surface area contributed by atoms with Gasteiger partial charge in [-0.3, -0.25) is 9.78 Å². The molecule has 0 unspecified atom stereocenters. The Morgan fingerprint density at radius 3 is 2.71 bits per heavy atom. The molecule has 1 N–H and O–H groups in total. The van der Waals surface area contributed by atoms with Crippen molar-refractivity contribution in [3.63, 3.8) is 0 Å². The quantitative estimate of drug-likeness (QED) is 0.843. The molecule has 1 aromatic rings. The van der Waals surface area contributed by atoms with E-state index in [1.165, 1.54) is 0 Å². The van der Waals surface area contributed by atoms with Gasteiger partial charge in [-0.15, -0.1) is 11.6 Å². The van der Waals surface area contributed by atoms with Gasteiger partial charge in [-0.05, 0) is 6.07 Å². The van der Waals surface area contributed by atoms with Crippen LogP contribution in [0.3, 0.4) is 0 Å². The molecule has 90 valence electrons. The van der Waals surface area contributed by atoms with Crippen molar-refractivity contribution in [2.75, 3.05) is 0 Å². The lowest BCUT2D eigenvalue weighted by Gasteiger charge is -2.09. The molecule has 0 saturated heterocycles. The van der Waals surface area contributed by atoms with E-state index in [9.17, 15) is 13.6 Å². The molecule has 0 atom stereocenters. The third-order valence-corrected chi connectivity index (χ3v) is 2.29. The summed E-state index contributed by atoms with van der Waals surface area (Å²) in [7, 11) is 0. The molecule has 4 nitrogen and oxygen atoms in total. The van der Waals surface area contributed by atoms with Crippen molar-refractivity contribution in [1.29, 1.82) is 5.26 Å². The SMILES string of the molecule is N#Cc1cc(C(F)F)nc(CC(=O)O)c1CCl. The van der Waals surface area contributed by atoms with E-state index in [2.05, 4.69) is 4.98 Å². The molecule has 0 saturated carbocycles. The Hall–Kier alpha value is -1.74. The Kier molecular flexibility index (Phi) is 4.35. The maximum absolute atomic E-state index is 12.5. The van der Waals surface area contributed by atoms with Crippen molar-refractivity contribution in [2.24, 2.45) is 0 Å². The van der Waals surface area contributed by atoms with E-state index < -0.39 is 24.5 Å². The normalized spacial score (nSPS) is 10.3. The first kappa shape index (κ1) is 13.3. The van der Waals surface area contributed by atoms with Gasteiger partial charge in [0.1, 0.15) is 5.69 Å². The first-order chi connectivity index (χ1) is 7.99. The summed E-state index contributed by atoms with van der Waals surface area (Å²) in [4.78, 5) is 14.1. The van der Waals surface area contributed by atoms with E-state index in [1.54, 1.807) is 6.07 Å². The van der Waals surface area contributed by atoms with Gasteiger partial charge in [0.15, 0.2) is 0 Å². The fourth-order valence-corrected chi connectivity index (χ4v) is 1.59. The van der Waals surface area contributed by atoms with Crippen LogP contribution in [0.1, 0.15) is 28.9 Å². The van der Waals surface area contributed by atoms with Gasteiger partial charge in [0.25, 0.3) is 6.43 Å². The molecule has 0 fully saturated rings. The highest BCUT2D eigenvalue weighted by Crippen LogP contribution is 2.23. The number of alkyl halides is 3. The summed E-state index contributed by atoms with van der Waals surface area (Å²) in [6.45, 7) is 0. The van der Waals surface area contributed by atoms with Crippen LogP contribution < -0.4 is 0 Å². The van der Waals surface area contributed by atoms with Crippen LogP contribution in [0.4, 0.5) is 8.78 Å². The minimum Gasteiger partial charge on any atom is -0.481 e. The summed E-state index contributed by atoms with van der Waals surface area (Å²) < 4.78 is 25.0. The van der Waals surface area contributed by atoms with Gasteiger partial charge in [0.2, 0.25) is 0 Å². The number of pyridine rings is 1. The number of aliphatic carboxylic acids is 1. The van der Waals surface area contributed by atoms with Crippen LogP contribution in [0.5, 0.6) is 0 Å². The summed E-state index contributed by atoms with van der Waals surface area (Å²) in [6.07, 6.45) is -3.41. The van der Waals surface area contributed by atoms with E-state index in [1.807, 2.05) is 0 Å². The maximum Gasteiger partial charge on any atom is 0.309 e. The monoisotopic (exact) mass is 260 g/mol. The number of carbonyl (C=O) groups is 1. The molecule has 0 aromatic carbocycles. The highest BCUT2D eigenvalue weighted by molar-refractivity contribution is 6.17. The van der Waals surface area contributed by atoms with E-state index in [0.29, 0.717) is 0 Å². The van der Waals surface area contributed by atoms with Crippen molar-refractivity contribution >= 4 is 17.6 Å². The van der Waals surface area contributed by atoms with Crippen LogP contribution in [0.2, 0.25) is 0 Å². The minimum absolute atomic E-state index is 0.0680. The number of rotatable bonds is 4. The van der Waals surface area contributed by atoms with Gasteiger partial charge < -0.3 is 5.11 Å². The van der Waals surface area contributed by atoms with Crippen molar-refractivity contribution in [1.82, 2.24) is 4.98 Å². The van der Waals surface area contributed by atoms with Crippen LogP contribution in [0, 0.1) is 11.3 Å². The predicted octanol–water partition coefficient (Wildman–Crippen LogP) is 2.26. The van der Waals surface area contributed by atoms with Crippen LogP contribution in [0.15, 0.2) is 6.07 Å². The van der Waals surface area contributed by atoms with Crippen molar-refractivity contribution < 1.29 is 18.7 Å². The Bertz CT molecular complexity index is 486. The van der Waals surface area contributed by atoms with Gasteiger partial charge >= 0.3 is 5.97 Å².